The number of carbonyl (C=O) groups excluding carboxylic acids is 1. The molecule has 0 unspecified atom stereocenters. The van der Waals surface area contributed by atoms with E-state index < -0.39 is 21.9 Å². The third kappa shape index (κ3) is 4.92. The summed E-state index contributed by atoms with van der Waals surface area (Å²) in [6.45, 7) is 0. The highest BCUT2D eigenvalue weighted by molar-refractivity contribution is 7.92. The van der Waals surface area contributed by atoms with Crippen LogP contribution in [0.1, 0.15) is 20.7 Å². The SMILES string of the molecule is O=C(O)c1cccc(NS(=O)(=O)c2ccc(NC(=O)c3ccccc3Cl)cc2)c1. The van der Waals surface area contributed by atoms with Crippen molar-refractivity contribution in [1.29, 1.82) is 0 Å². The number of carboxylic acids is 1. The second-order valence-electron chi connectivity index (χ2n) is 5.95. The summed E-state index contributed by atoms with van der Waals surface area (Å²) in [5, 5.41) is 12.0. The number of rotatable bonds is 6. The van der Waals surface area contributed by atoms with Gasteiger partial charge in [-0.25, -0.2) is 13.2 Å². The molecule has 0 bridgehead atoms. The van der Waals surface area contributed by atoms with Crippen molar-refractivity contribution in [2.24, 2.45) is 0 Å². The summed E-state index contributed by atoms with van der Waals surface area (Å²) in [5.41, 5.74) is 0.774. The first kappa shape index (κ1) is 20.4. The van der Waals surface area contributed by atoms with E-state index in [1.54, 1.807) is 24.3 Å². The molecule has 148 valence electrons. The zero-order valence-corrected chi connectivity index (χ0v) is 16.4. The van der Waals surface area contributed by atoms with Crippen LogP contribution in [0.5, 0.6) is 0 Å². The number of halogens is 1. The summed E-state index contributed by atoms with van der Waals surface area (Å²) in [4.78, 5) is 23.2. The Bertz CT molecular complexity index is 1180. The molecule has 3 aromatic carbocycles. The van der Waals surface area contributed by atoms with Gasteiger partial charge in [0.05, 0.1) is 21.0 Å². The molecule has 0 atom stereocenters. The van der Waals surface area contributed by atoms with Gasteiger partial charge in [0.1, 0.15) is 0 Å². The summed E-state index contributed by atoms with van der Waals surface area (Å²) >= 11 is 5.99. The van der Waals surface area contributed by atoms with Crippen LogP contribution >= 0.6 is 11.6 Å². The minimum absolute atomic E-state index is 0.0390. The number of hydrogen-bond donors (Lipinski definition) is 3. The van der Waals surface area contributed by atoms with Gasteiger partial charge in [-0.05, 0) is 54.6 Å². The van der Waals surface area contributed by atoms with Gasteiger partial charge in [-0.2, -0.15) is 0 Å². The Hall–Kier alpha value is -3.36. The number of sulfonamides is 1. The molecule has 29 heavy (non-hydrogen) atoms. The molecule has 3 rings (SSSR count). The maximum absolute atomic E-state index is 12.5. The lowest BCUT2D eigenvalue weighted by Crippen LogP contribution is -2.14. The first-order chi connectivity index (χ1) is 13.8. The average Bonchev–Trinajstić information content (AvgIpc) is 2.68. The van der Waals surface area contributed by atoms with Gasteiger partial charge in [0.15, 0.2) is 0 Å². The monoisotopic (exact) mass is 430 g/mol. The summed E-state index contributed by atoms with van der Waals surface area (Å²) in [5.74, 6) is -1.58. The van der Waals surface area contributed by atoms with Crippen molar-refractivity contribution in [3.63, 3.8) is 0 Å². The predicted molar refractivity (Wildman–Crippen MR) is 110 cm³/mol. The molecule has 0 aliphatic carbocycles. The lowest BCUT2D eigenvalue weighted by molar-refractivity contribution is 0.0696. The van der Waals surface area contributed by atoms with E-state index in [0.717, 1.165) is 0 Å². The zero-order chi connectivity index (χ0) is 21.0. The van der Waals surface area contributed by atoms with Crippen LogP contribution < -0.4 is 10.0 Å². The Balaban J connectivity index is 1.75. The van der Waals surface area contributed by atoms with Crippen LogP contribution in [0.3, 0.4) is 0 Å². The topological polar surface area (TPSA) is 113 Å². The maximum Gasteiger partial charge on any atom is 0.335 e. The Morgan fingerprint density at radius 2 is 1.55 bits per heavy atom. The highest BCUT2D eigenvalue weighted by atomic mass is 35.5. The molecule has 3 aromatic rings. The first-order valence-electron chi connectivity index (χ1n) is 8.28. The zero-order valence-electron chi connectivity index (χ0n) is 14.8. The molecule has 0 aliphatic heterocycles. The number of amides is 1. The van der Waals surface area contributed by atoms with Crippen molar-refractivity contribution < 1.29 is 23.1 Å². The number of carboxylic acid groups (broad SMARTS) is 1. The van der Waals surface area contributed by atoms with Gasteiger partial charge in [-0.15, -0.1) is 0 Å². The van der Waals surface area contributed by atoms with Crippen LogP contribution in [0.25, 0.3) is 0 Å². The Morgan fingerprint density at radius 1 is 0.862 bits per heavy atom. The molecule has 0 heterocycles. The number of carbonyl (C=O) groups is 2. The predicted octanol–water partition coefficient (Wildman–Crippen LogP) is 4.09. The van der Waals surface area contributed by atoms with E-state index in [1.807, 2.05) is 0 Å². The minimum Gasteiger partial charge on any atom is -0.478 e. The molecular weight excluding hydrogens is 416 g/mol. The van der Waals surface area contributed by atoms with Crippen LogP contribution in [0.15, 0.2) is 77.7 Å². The average molecular weight is 431 g/mol. The van der Waals surface area contributed by atoms with Crippen molar-refractivity contribution in [3.05, 3.63) is 88.9 Å². The molecule has 0 saturated heterocycles. The van der Waals surface area contributed by atoms with Crippen LogP contribution in [0, 0.1) is 0 Å². The van der Waals surface area contributed by atoms with E-state index in [1.165, 1.54) is 48.5 Å². The number of benzene rings is 3. The largest absolute Gasteiger partial charge is 0.478 e. The standard InChI is InChI=1S/C20H15ClN2O5S/c21-18-7-2-1-6-17(18)19(24)22-14-8-10-16(11-9-14)29(27,28)23-15-5-3-4-13(12-15)20(25)26/h1-12,23H,(H,22,24)(H,25,26). The third-order valence-electron chi connectivity index (χ3n) is 3.90. The van der Waals surface area contributed by atoms with E-state index in [9.17, 15) is 18.0 Å². The summed E-state index contributed by atoms with van der Waals surface area (Å²) in [6.07, 6.45) is 0. The first-order valence-corrected chi connectivity index (χ1v) is 10.1. The minimum atomic E-state index is -3.94. The lowest BCUT2D eigenvalue weighted by Gasteiger charge is -2.10. The van der Waals surface area contributed by atoms with Gasteiger partial charge in [-0.3, -0.25) is 9.52 Å². The molecule has 0 aliphatic rings. The maximum atomic E-state index is 12.5. The van der Waals surface area contributed by atoms with Gasteiger partial charge in [0.2, 0.25) is 0 Å². The summed E-state index contributed by atoms with van der Waals surface area (Å²) in [7, 11) is -3.94. The van der Waals surface area contributed by atoms with Gasteiger partial charge in [0, 0.05) is 11.4 Å². The van der Waals surface area contributed by atoms with Crippen LogP contribution in [-0.4, -0.2) is 25.4 Å². The molecule has 7 nitrogen and oxygen atoms in total. The number of anilines is 2. The summed E-state index contributed by atoms with van der Waals surface area (Å²) < 4.78 is 27.4. The molecule has 9 heteroatoms. The highest BCUT2D eigenvalue weighted by Crippen LogP contribution is 2.21. The number of nitrogens with one attached hydrogen (secondary N) is 2. The van der Waals surface area contributed by atoms with Crippen LogP contribution in [0.4, 0.5) is 11.4 Å². The fourth-order valence-corrected chi connectivity index (χ4v) is 3.76. The van der Waals surface area contributed by atoms with E-state index in [-0.39, 0.29) is 16.1 Å². The molecule has 1 amide bonds. The Morgan fingerprint density at radius 3 is 2.21 bits per heavy atom. The van der Waals surface area contributed by atoms with Crippen LogP contribution in [0.2, 0.25) is 5.02 Å². The molecule has 0 aromatic heterocycles. The van der Waals surface area contributed by atoms with Gasteiger partial charge >= 0.3 is 5.97 Å². The molecule has 0 radical (unpaired) electrons. The number of hydrogen-bond acceptors (Lipinski definition) is 4. The van der Waals surface area contributed by atoms with E-state index >= 15 is 0 Å². The smallest absolute Gasteiger partial charge is 0.335 e. The third-order valence-corrected chi connectivity index (χ3v) is 5.63. The van der Waals surface area contributed by atoms with E-state index in [0.29, 0.717) is 16.3 Å². The van der Waals surface area contributed by atoms with Crippen LogP contribution in [-0.2, 0) is 10.0 Å². The molecule has 0 fully saturated rings. The van der Waals surface area contributed by atoms with Gasteiger partial charge < -0.3 is 10.4 Å². The quantitative estimate of drug-likeness (QED) is 0.545. The van der Waals surface area contributed by atoms with E-state index in [4.69, 9.17) is 16.7 Å². The highest BCUT2D eigenvalue weighted by Gasteiger charge is 2.16. The molecule has 0 saturated carbocycles. The Kier molecular flexibility index (Phi) is 5.86. The van der Waals surface area contributed by atoms with Crippen molar-refractivity contribution in [2.45, 2.75) is 4.90 Å². The van der Waals surface area contributed by atoms with Crippen molar-refractivity contribution in [3.8, 4) is 0 Å². The molecule has 0 spiro atoms. The van der Waals surface area contributed by atoms with Crippen molar-refractivity contribution >= 4 is 44.9 Å². The van der Waals surface area contributed by atoms with E-state index in [2.05, 4.69) is 10.0 Å². The second-order valence-corrected chi connectivity index (χ2v) is 8.04. The molecule has 3 N–H and O–H groups in total. The molecular formula is C20H15ClN2O5S. The van der Waals surface area contributed by atoms with Gasteiger partial charge in [0.25, 0.3) is 15.9 Å². The normalized spacial score (nSPS) is 10.9. The van der Waals surface area contributed by atoms with Crippen molar-refractivity contribution in [2.75, 3.05) is 10.0 Å². The lowest BCUT2D eigenvalue weighted by atomic mass is 10.2. The summed E-state index contributed by atoms with van der Waals surface area (Å²) in [6, 6.07) is 17.6. The van der Waals surface area contributed by atoms with Crippen molar-refractivity contribution in [1.82, 2.24) is 0 Å². The Labute approximate surface area is 172 Å². The number of aromatic carboxylic acids is 1. The fourth-order valence-electron chi connectivity index (χ4n) is 2.49. The second kappa shape index (κ2) is 8.34. The fraction of sp³-hybridized carbons (Fsp3) is 0. The van der Waals surface area contributed by atoms with Gasteiger partial charge in [-0.1, -0.05) is 29.8 Å².